The van der Waals surface area contributed by atoms with E-state index in [0.29, 0.717) is 6.42 Å². The van der Waals surface area contributed by atoms with E-state index in [1.165, 1.54) is 123 Å². The second kappa shape index (κ2) is 47.9. The molecule has 0 saturated carbocycles. The highest BCUT2D eigenvalue weighted by Gasteiger charge is 2.48. The number of likely N-dealkylation sites (tertiary alicyclic amines) is 1. The van der Waals surface area contributed by atoms with Crippen LogP contribution in [0.2, 0.25) is 0 Å². The van der Waals surface area contributed by atoms with Crippen LogP contribution in [0.4, 0.5) is 0 Å². The molecule has 0 unspecified atom stereocenters. The number of benzene rings is 1. The molecule has 20 amide bonds. The molecule has 1 aliphatic rings. The predicted molar refractivity (Wildman–Crippen MR) is 470 cm³/mol. The molecule has 0 aliphatic carbocycles. The highest BCUT2D eigenvalue weighted by Crippen LogP contribution is 2.25. The van der Waals surface area contributed by atoms with Crippen LogP contribution in [-0.2, 0) is 102 Å². The van der Waals surface area contributed by atoms with Crippen LogP contribution >= 0.6 is 0 Å². The number of nitrogens with zero attached hydrogens (tertiary/aromatic N) is 1. The molecule has 12 atom stereocenters. The summed E-state index contributed by atoms with van der Waals surface area (Å²) in [4.78, 5) is 275. The van der Waals surface area contributed by atoms with Crippen molar-refractivity contribution < 1.29 is 101 Å². The smallest absolute Gasteiger partial charge is 0.248 e. The van der Waals surface area contributed by atoms with Crippen molar-refractivity contribution in [1.82, 2.24) is 95.3 Å². The van der Waals surface area contributed by atoms with Gasteiger partial charge in [0.15, 0.2) is 0 Å². The van der Waals surface area contributed by atoms with Crippen molar-refractivity contribution in [3.8, 4) is 0 Å². The second-order valence-electron chi connectivity index (χ2n) is 37.3. The number of nitrogens with one attached hydrogen (secondary N) is 17. The molecule has 1 saturated heterocycles. The Kier molecular flexibility index (Phi) is 42.2. The lowest BCUT2D eigenvalue weighted by atomic mass is 9.91. The quantitative estimate of drug-likeness (QED) is 0.0331. The Labute approximate surface area is 744 Å². The summed E-state index contributed by atoms with van der Waals surface area (Å²) in [5, 5.41) is 54.3. The standard InChI is InChI=1S/C86H144N20O21/c1-26-84(23,103-66(115)55(37-39-60(88)110)96-75(124)85(24,27-2)105-77(126)86(25,28-3)102-64(113)50(11)90-63(112)49(10)91-72(121)80(15,16)98-51(12)108)76(125)97-62(48(8)9)70(119)101-79(13,14)71(120)89-44-61(111)93-56(41-46(4)5)67(116)100-83(21,22)78(127)106-40-32-35-58(106)69(118)94-57(42-47(6)7)68(117)99-82(19,20)74(123)104-81(17,18)73(122)95-54(36-38-59(87)109)65(114)92-53(45-107)43-52-33-30-29-31-34-52/h29-31,33-34,46-50,53-58,62,107H,26-28,32,35-45H2,1-25H3,(H2,87,109)(H2,88,110)(H,89,120)(H,90,112)(H,91,121)(H,92,114)(H,93,111)(H,94,118)(H,95,122)(H,96,124)(H,97,125)(H,98,108)(H,99,117)(H,100,116)(H,101,119)(H,102,113)(H,103,115)(H,104,123)(H,105,126)/t49-,50-,53-,54-,55-,56-,57-,58-,62-,84+,85+,86+/m0/s1. The van der Waals surface area contributed by atoms with E-state index in [-0.39, 0.29) is 76.2 Å². The van der Waals surface area contributed by atoms with Crippen LogP contribution in [0.25, 0.3) is 0 Å². The van der Waals surface area contributed by atoms with E-state index in [9.17, 15) is 101 Å². The van der Waals surface area contributed by atoms with Gasteiger partial charge in [-0.1, -0.05) is 92.6 Å². The fourth-order valence-corrected chi connectivity index (χ4v) is 13.1. The molecular weight excluding hydrogens is 1650 g/mol. The van der Waals surface area contributed by atoms with E-state index < -0.39 is 249 Å². The third-order valence-electron chi connectivity index (χ3n) is 22.0. The van der Waals surface area contributed by atoms with Crippen LogP contribution in [-0.4, -0.2) is 247 Å². The van der Waals surface area contributed by atoms with Crippen molar-refractivity contribution in [1.29, 1.82) is 0 Å². The third-order valence-corrected chi connectivity index (χ3v) is 22.0. The monoisotopic (exact) mass is 1790 g/mol. The minimum absolute atomic E-state index is 0.0312. The van der Waals surface area contributed by atoms with Gasteiger partial charge in [0.25, 0.3) is 0 Å². The van der Waals surface area contributed by atoms with E-state index in [4.69, 9.17) is 11.5 Å². The van der Waals surface area contributed by atoms with Crippen LogP contribution in [0.15, 0.2) is 30.3 Å². The predicted octanol–water partition coefficient (Wildman–Crippen LogP) is -2.13. The summed E-state index contributed by atoms with van der Waals surface area (Å²) >= 11 is 0. The highest BCUT2D eigenvalue weighted by molar-refractivity contribution is 6.04. The molecule has 41 heteroatoms. The first kappa shape index (κ1) is 112. The fourth-order valence-electron chi connectivity index (χ4n) is 13.1. The van der Waals surface area contributed by atoms with E-state index in [0.717, 1.165) is 5.56 Å². The molecule has 0 aromatic heterocycles. The van der Waals surface area contributed by atoms with Gasteiger partial charge in [-0.3, -0.25) is 95.9 Å². The Morgan fingerprint density at radius 1 is 0.425 bits per heavy atom. The summed E-state index contributed by atoms with van der Waals surface area (Å²) in [6, 6.07) is -2.25. The summed E-state index contributed by atoms with van der Waals surface area (Å²) in [6.07, 6.45) is -0.834. The Morgan fingerprint density at radius 2 is 0.850 bits per heavy atom. The molecule has 127 heavy (non-hydrogen) atoms. The number of aliphatic hydroxyl groups excluding tert-OH is 1. The minimum atomic E-state index is -1.85. The zero-order valence-corrected chi connectivity index (χ0v) is 78.6. The van der Waals surface area contributed by atoms with Crippen LogP contribution in [0.3, 0.4) is 0 Å². The van der Waals surface area contributed by atoms with Crippen molar-refractivity contribution in [2.45, 2.75) is 349 Å². The van der Waals surface area contributed by atoms with Gasteiger partial charge in [-0.2, -0.15) is 0 Å². The molecule has 2 rings (SSSR count). The van der Waals surface area contributed by atoms with Gasteiger partial charge in [0.2, 0.25) is 118 Å². The third kappa shape index (κ3) is 34.7. The normalized spacial score (nSPS) is 16.4. The summed E-state index contributed by atoms with van der Waals surface area (Å²) in [7, 11) is 0. The molecule has 0 bridgehead atoms. The van der Waals surface area contributed by atoms with Crippen molar-refractivity contribution in [3.05, 3.63) is 35.9 Å². The van der Waals surface area contributed by atoms with E-state index in [1.807, 2.05) is 0 Å². The average Bonchev–Trinajstić information content (AvgIpc) is 1.79. The van der Waals surface area contributed by atoms with Crippen molar-refractivity contribution >= 4 is 118 Å². The van der Waals surface area contributed by atoms with Crippen LogP contribution in [0.1, 0.15) is 249 Å². The maximum atomic E-state index is 14.6. The molecule has 22 N–H and O–H groups in total. The van der Waals surface area contributed by atoms with Gasteiger partial charge >= 0.3 is 0 Å². The summed E-state index contributed by atoms with van der Waals surface area (Å²) in [5.74, 6) is -17.3. The summed E-state index contributed by atoms with van der Waals surface area (Å²) in [6.45, 7) is 35.5. The van der Waals surface area contributed by atoms with Crippen molar-refractivity contribution in [2.24, 2.45) is 29.2 Å². The molecule has 0 radical (unpaired) electrons. The average molecular weight is 1790 g/mol. The molecule has 1 fully saturated rings. The fraction of sp³-hybridized carbons (Fsp3) is 0.698. The number of hydrogen-bond donors (Lipinski definition) is 20. The lowest BCUT2D eigenvalue weighted by Gasteiger charge is -2.37. The second-order valence-corrected chi connectivity index (χ2v) is 37.3. The lowest BCUT2D eigenvalue weighted by molar-refractivity contribution is -0.145. The molecule has 714 valence electrons. The first-order valence-corrected chi connectivity index (χ1v) is 43.1. The number of hydrogen-bond acceptors (Lipinski definition) is 21. The van der Waals surface area contributed by atoms with Gasteiger partial charge in [-0.05, 0) is 191 Å². The SMILES string of the molecule is CC[C@@](C)(NC(=O)[C@H](C)NC(=O)[C@H](C)NC(=O)C(C)(C)NC(C)=O)C(=O)N[C@](C)(CC)C(=O)N[C@@H](CCC(N)=O)C(=O)N[C@](C)(CC)C(=O)N[C@H](C(=O)NC(C)(C)C(=O)NCC(=O)N[C@@H](CC(C)C)C(=O)NC(C)(C)C(=O)N1CCC[C@H]1C(=O)N[C@@H](CC(C)C)C(=O)NC(C)(C)C(=O)NC(C)(C)C(=O)N[C@@H](CCC(N)=O)C(=O)N[C@H](CO)Cc1ccccc1)C(C)C. The number of primary amides is 2. The number of rotatable bonds is 51. The number of nitrogens with two attached hydrogens (primary N) is 2. The van der Waals surface area contributed by atoms with Crippen molar-refractivity contribution in [2.75, 3.05) is 19.7 Å². The maximum Gasteiger partial charge on any atom is 0.248 e. The summed E-state index contributed by atoms with van der Waals surface area (Å²) < 4.78 is 0. The van der Waals surface area contributed by atoms with Gasteiger partial charge in [0.05, 0.1) is 19.2 Å². The Morgan fingerprint density at radius 3 is 1.35 bits per heavy atom. The molecule has 1 aromatic rings. The van der Waals surface area contributed by atoms with E-state index in [2.05, 4.69) is 90.4 Å². The number of aliphatic hydroxyl groups is 1. The first-order chi connectivity index (χ1) is 58.3. The summed E-state index contributed by atoms with van der Waals surface area (Å²) in [5.41, 5.74) is -2.14. The van der Waals surface area contributed by atoms with Crippen LogP contribution < -0.4 is 102 Å². The Balaban J connectivity index is 2.22. The highest BCUT2D eigenvalue weighted by atomic mass is 16.3. The van der Waals surface area contributed by atoms with E-state index >= 15 is 0 Å². The Hall–Kier alpha value is -11.4. The van der Waals surface area contributed by atoms with Gasteiger partial charge in [-0.15, -0.1) is 0 Å². The zero-order valence-electron chi connectivity index (χ0n) is 78.6. The first-order valence-electron chi connectivity index (χ1n) is 43.1. The number of carbonyl (C=O) groups is 20. The van der Waals surface area contributed by atoms with Gasteiger partial charge in [-0.25, -0.2) is 0 Å². The molecule has 1 aliphatic heterocycles. The van der Waals surface area contributed by atoms with Gasteiger partial charge in [0, 0.05) is 26.3 Å². The number of amides is 20. The topological polar surface area (TPSA) is 621 Å². The maximum absolute atomic E-state index is 14.6. The molecule has 0 spiro atoms. The van der Waals surface area contributed by atoms with Crippen LogP contribution in [0, 0.1) is 17.8 Å². The Bertz CT molecular complexity index is 4150. The minimum Gasteiger partial charge on any atom is -0.394 e. The van der Waals surface area contributed by atoms with E-state index in [1.54, 1.807) is 85.7 Å². The van der Waals surface area contributed by atoms with Crippen molar-refractivity contribution in [3.63, 3.8) is 0 Å². The zero-order chi connectivity index (χ0) is 97.8. The molecule has 41 nitrogen and oxygen atoms in total. The molecule has 1 heterocycles. The van der Waals surface area contributed by atoms with Gasteiger partial charge in [0.1, 0.15) is 92.6 Å². The number of carbonyl (C=O) groups excluding carboxylic acids is 20. The largest absolute Gasteiger partial charge is 0.394 e. The molecule has 1 aromatic carbocycles. The van der Waals surface area contributed by atoms with Crippen LogP contribution in [0.5, 0.6) is 0 Å². The lowest BCUT2D eigenvalue weighted by Crippen LogP contribution is -2.68. The van der Waals surface area contributed by atoms with Gasteiger partial charge < -0.3 is 112 Å². The molecular formula is C86H144N20O21.